The molecule has 0 atom stereocenters. The van der Waals surface area contributed by atoms with Gasteiger partial charge in [0.15, 0.2) is 0 Å². The van der Waals surface area contributed by atoms with Crippen LogP contribution in [0.1, 0.15) is 18.1 Å². The van der Waals surface area contributed by atoms with Crippen molar-refractivity contribution in [3.63, 3.8) is 0 Å². The molecule has 0 fully saturated rings. The van der Waals surface area contributed by atoms with Gasteiger partial charge in [0.05, 0.1) is 5.56 Å². The summed E-state index contributed by atoms with van der Waals surface area (Å²) in [5.74, 6) is 0.874. The highest BCUT2D eigenvalue weighted by Crippen LogP contribution is 2.30. The third kappa shape index (κ3) is 4.50. The van der Waals surface area contributed by atoms with Gasteiger partial charge < -0.3 is 10.6 Å². The summed E-state index contributed by atoms with van der Waals surface area (Å²) >= 11 is 0. The quantitative estimate of drug-likeness (QED) is 0.628. The molecular weight excluding hydrogens is 341 g/mol. The second-order valence-corrected chi connectivity index (χ2v) is 5.64. The fourth-order valence-corrected chi connectivity index (χ4v) is 2.33. The zero-order valence-corrected chi connectivity index (χ0v) is 14.0. The van der Waals surface area contributed by atoms with Crippen LogP contribution >= 0.6 is 0 Å². The summed E-state index contributed by atoms with van der Waals surface area (Å²) in [5.41, 5.74) is 1.90. The zero-order valence-electron chi connectivity index (χ0n) is 14.0. The molecule has 2 aromatic carbocycles. The number of anilines is 4. The lowest BCUT2D eigenvalue weighted by Crippen LogP contribution is -2.05. The van der Waals surface area contributed by atoms with Crippen LogP contribution in [0.5, 0.6) is 0 Å². The van der Waals surface area contributed by atoms with Crippen molar-refractivity contribution >= 4 is 23.1 Å². The average molecular weight is 358 g/mol. The van der Waals surface area contributed by atoms with Crippen molar-refractivity contribution in [1.29, 1.82) is 0 Å². The third-order valence-electron chi connectivity index (χ3n) is 3.76. The lowest BCUT2D eigenvalue weighted by Gasteiger charge is -2.10. The summed E-state index contributed by atoms with van der Waals surface area (Å²) in [5, 5.41) is 6.07. The molecule has 0 saturated carbocycles. The van der Waals surface area contributed by atoms with Crippen molar-refractivity contribution in [1.82, 2.24) is 9.97 Å². The number of aromatic nitrogens is 2. The van der Waals surface area contributed by atoms with E-state index in [9.17, 15) is 13.2 Å². The molecule has 0 aliphatic carbocycles. The van der Waals surface area contributed by atoms with Gasteiger partial charge in [-0.05, 0) is 54.4 Å². The summed E-state index contributed by atoms with van der Waals surface area (Å²) in [6.07, 6.45) is -1.82. The Balaban J connectivity index is 1.70. The maximum Gasteiger partial charge on any atom is 0.416 e. The minimum absolute atomic E-state index is 0.292. The highest BCUT2D eigenvalue weighted by molar-refractivity contribution is 5.59. The van der Waals surface area contributed by atoms with Crippen molar-refractivity contribution in [2.75, 3.05) is 10.6 Å². The van der Waals surface area contributed by atoms with E-state index in [2.05, 4.69) is 27.5 Å². The summed E-state index contributed by atoms with van der Waals surface area (Å²) in [4.78, 5) is 8.41. The highest BCUT2D eigenvalue weighted by Gasteiger charge is 2.29. The van der Waals surface area contributed by atoms with Crippen LogP contribution in [0, 0.1) is 0 Å². The minimum Gasteiger partial charge on any atom is -0.340 e. The summed E-state index contributed by atoms with van der Waals surface area (Å²) in [7, 11) is 0. The van der Waals surface area contributed by atoms with E-state index in [0.717, 1.165) is 24.2 Å². The molecule has 0 saturated heterocycles. The molecule has 3 aromatic rings. The number of aryl methyl sites for hydroxylation is 1. The fraction of sp³-hybridized carbons (Fsp3) is 0.158. The average Bonchev–Trinajstić information content (AvgIpc) is 2.62. The van der Waals surface area contributed by atoms with Crippen molar-refractivity contribution in [3.8, 4) is 0 Å². The predicted octanol–water partition coefficient (Wildman–Crippen LogP) is 5.55. The van der Waals surface area contributed by atoms with Crippen LogP contribution in [0.2, 0.25) is 0 Å². The summed E-state index contributed by atoms with van der Waals surface area (Å²) < 4.78 is 37.8. The number of halogens is 3. The molecular formula is C19H17F3N4. The van der Waals surface area contributed by atoms with Crippen LogP contribution in [0.3, 0.4) is 0 Å². The van der Waals surface area contributed by atoms with E-state index in [1.807, 2.05) is 24.3 Å². The molecule has 0 spiro atoms. The third-order valence-corrected chi connectivity index (χ3v) is 3.76. The van der Waals surface area contributed by atoms with Gasteiger partial charge in [0.2, 0.25) is 5.95 Å². The van der Waals surface area contributed by atoms with Crippen LogP contribution in [-0.2, 0) is 12.6 Å². The Bertz CT molecular complexity index is 859. The van der Waals surface area contributed by atoms with Gasteiger partial charge in [0, 0.05) is 17.6 Å². The Morgan fingerprint density at radius 3 is 2.08 bits per heavy atom. The Morgan fingerprint density at radius 2 is 1.46 bits per heavy atom. The molecule has 0 aliphatic heterocycles. The number of hydrogen-bond donors (Lipinski definition) is 2. The molecule has 0 aliphatic rings. The van der Waals surface area contributed by atoms with Gasteiger partial charge in [0.25, 0.3) is 0 Å². The largest absolute Gasteiger partial charge is 0.416 e. The molecule has 26 heavy (non-hydrogen) atoms. The smallest absolute Gasteiger partial charge is 0.340 e. The maximum atomic E-state index is 12.6. The van der Waals surface area contributed by atoms with E-state index in [4.69, 9.17) is 0 Å². The first-order valence-electron chi connectivity index (χ1n) is 8.07. The van der Waals surface area contributed by atoms with Crippen LogP contribution in [0.4, 0.5) is 36.3 Å². The Kier molecular flexibility index (Phi) is 5.06. The maximum absolute atomic E-state index is 12.6. The molecule has 1 heterocycles. The molecule has 134 valence electrons. The van der Waals surface area contributed by atoms with Crippen LogP contribution in [0.15, 0.2) is 60.8 Å². The Morgan fingerprint density at radius 1 is 0.846 bits per heavy atom. The van der Waals surface area contributed by atoms with E-state index in [1.165, 1.54) is 17.7 Å². The second kappa shape index (κ2) is 7.43. The van der Waals surface area contributed by atoms with Crippen molar-refractivity contribution < 1.29 is 13.2 Å². The predicted molar refractivity (Wildman–Crippen MR) is 95.9 cm³/mol. The van der Waals surface area contributed by atoms with Gasteiger partial charge in [0.1, 0.15) is 5.82 Å². The molecule has 3 rings (SSSR count). The molecule has 0 bridgehead atoms. The molecule has 4 nitrogen and oxygen atoms in total. The molecule has 0 amide bonds. The first-order chi connectivity index (χ1) is 12.4. The van der Waals surface area contributed by atoms with Gasteiger partial charge in [-0.15, -0.1) is 0 Å². The number of benzene rings is 2. The lowest BCUT2D eigenvalue weighted by molar-refractivity contribution is -0.137. The summed E-state index contributed by atoms with van der Waals surface area (Å²) in [6, 6.07) is 14.4. The zero-order chi connectivity index (χ0) is 18.6. The SMILES string of the molecule is CCc1ccc(Nc2ccnc(Nc3ccc(C(F)(F)F)cc3)n2)cc1. The standard InChI is InChI=1S/C19H17F3N4/c1-2-13-3-7-15(8-4-13)24-17-11-12-23-18(26-17)25-16-9-5-14(6-10-16)19(20,21)22/h3-12H,2H2,1H3,(H2,23,24,25,26). The number of nitrogens with one attached hydrogen (secondary N) is 2. The van der Waals surface area contributed by atoms with Crippen molar-refractivity contribution in [3.05, 3.63) is 71.9 Å². The van der Waals surface area contributed by atoms with Crippen molar-refractivity contribution in [2.24, 2.45) is 0 Å². The van der Waals surface area contributed by atoms with E-state index in [-0.39, 0.29) is 0 Å². The van der Waals surface area contributed by atoms with Gasteiger partial charge in [-0.2, -0.15) is 18.2 Å². The normalized spacial score (nSPS) is 11.2. The molecule has 2 N–H and O–H groups in total. The first kappa shape index (κ1) is 17.7. The lowest BCUT2D eigenvalue weighted by atomic mass is 10.1. The molecule has 1 aromatic heterocycles. The van der Waals surface area contributed by atoms with E-state index < -0.39 is 11.7 Å². The number of nitrogens with zero attached hydrogens (tertiary/aromatic N) is 2. The Hall–Kier alpha value is -3.09. The highest BCUT2D eigenvalue weighted by atomic mass is 19.4. The van der Waals surface area contributed by atoms with E-state index in [0.29, 0.717) is 17.5 Å². The van der Waals surface area contributed by atoms with Gasteiger partial charge in [-0.1, -0.05) is 19.1 Å². The molecule has 7 heteroatoms. The summed E-state index contributed by atoms with van der Waals surface area (Å²) in [6.45, 7) is 2.09. The topological polar surface area (TPSA) is 49.8 Å². The number of alkyl halides is 3. The minimum atomic E-state index is -4.35. The van der Waals surface area contributed by atoms with E-state index in [1.54, 1.807) is 12.3 Å². The Labute approximate surface area is 149 Å². The van der Waals surface area contributed by atoms with E-state index >= 15 is 0 Å². The van der Waals surface area contributed by atoms with Crippen LogP contribution < -0.4 is 10.6 Å². The van der Waals surface area contributed by atoms with Gasteiger partial charge in [-0.3, -0.25) is 0 Å². The number of hydrogen-bond acceptors (Lipinski definition) is 4. The first-order valence-corrected chi connectivity index (χ1v) is 8.07. The van der Waals surface area contributed by atoms with Crippen LogP contribution in [-0.4, -0.2) is 9.97 Å². The van der Waals surface area contributed by atoms with Gasteiger partial charge >= 0.3 is 6.18 Å². The molecule has 0 unspecified atom stereocenters. The van der Waals surface area contributed by atoms with Crippen molar-refractivity contribution in [2.45, 2.75) is 19.5 Å². The van der Waals surface area contributed by atoms with Crippen LogP contribution in [0.25, 0.3) is 0 Å². The fourth-order valence-electron chi connectivity index (χ4n) is 2.33. The van der Waals surface area contributed by atoms with Gasteiger partial charge in [-0.25, -0.2) is 4.98 Å². The monoisotopic (exact) mass is 358 g/mol. The second-order valence-electron chi connectivity index (χ2n) is 5.64. The number of rotatable bonds is 5. The molecule has 0 radical (unpaired) electrons.